The first-order chi connectivity index (χ1) is 13.5. The van der Waals surface area contributed by atoms with E-state index in [-0.39, 0.29) is 17.8 Å². The third-order valence-electron chi connectivity index (χ3n) is 5.15. The molecule has 2 heterocycles. The van der Waals surface area contributed by atoms with Crippen molar-refractivity contribution >= 4 is 23.1 Å². The Kier molecular flexibility index (Phi) is 5.44. The van der Waals surface area contributed by atoms with Gasteiger partial charge in [-0.05, 0) is 49.3 Å². The lowest BCUT2D eigenvalue weighted by atomic mass is 10.1. The minimum absolute atomic E-state index is 0.0558. The summed E-state index contributed by atoms with van der Waals surface area (Å²) in [7, 11) is 0. The summed E-state index contributed by atoms with van der Waals surface area (Å²) in [6.45, 7) is 7.52. The SMILES string of the molecule is CC1CN(Cc2ccc(Cn3c(=S)[nH]c4ccccc4c3=O)cc2)CC(C)O1. The lowest BCUT2D eigenvalue weighted by Crippen LogP contribution is -2.44. The van der Waals surface area contributed by atoms with Crippen LogP contribution in [0.15, 0.2) is 53.3 Å². The molecule has 2 unspecified atom stereocenters. The fraction of sp³-hybridized carbons (Fsp3) is 0.364. The summed E-state index contributed by atoms with van der Waals surface area (Å²) in [5.74, 6) is 0. The molecule has 2 aromatic carbocycles. The number of hydrogen-bond acceptors (Lipinski definition) is 4. The van der Waals surface area contributed by atoms with Gasteiger partial charge in [0.25, 0.3) is 5.56 Å². The lowest BCUT2D eigenvalue weighted by Gasteiger charge is -2.35. The summed E-state index contributed by atoms with van der Waals surface area (Å²) < 4.78 is 7.88. The number of benzene rings is 2. The van der Waals surface area contributed by atoms with E-state index in [9.17, 15) is 4.79 Å². The molecule has 0 saturated carbocycles. The number of rotatable bonds is 4. The zero-order chi connectivity index (χ0) is 19.7. The van der Waals surface area contributed by atoms with Gasteiger partial charge in [0, 0.05) is 19.6 Å². The Balaban J connectivity index is 1.52. The topological polar surface area (TPSA) is 50.3 Å². The average Bonchev–Trinajstić information content (AvgIpc) is 2.66. The molecule has 0 aliphatic carbocycles. The summed E-state index contributed by atoms with van der Waals surface area (Å²) >= 11 is 5.41. The molecule has 5 nitrogen and oxygen atoms in total. The molecule has 6 heteroatoms. The number of morpholine rings is 1. The summed E-state index contributed by atoms with van der Waals surface area (Å²) in [4.78, 5) is 18.4. The van der Waals surface area contributed by atoms with Crippen LogP contribution in [0.5, 0.6) is 0 Å². The van der Waals surface area contributed by atoms with E-state index in [0.717, 1.165) is 30.7 Å². The Hall–Kier alpha value is -2.28. The molecule has 28 heavy (non-hydrogen) atoms. The molecule has 4 rings (SSSR count). The Morgan fingerprint density at radius 1 is 1.00 bits per heavy atom. The van der Waals surface area contributed by atoms with Gasteiger partial charge < -0.3 is 9.72 Å². The molecule has 0 bridgehead atoms. The first kappa shape index (κ1) is 19.1. The maximum Gasteiger partial charge on any atom is 0.262 e. The molecule has 1 saturated heterocycles. The van der Waals surface area contributed by atoms with E-state index in [4.69, 9.17) is 17.0 Å². The van der Waals surface area contributed by atoms with Crippen molar-refractivity contribution in [3.8, 4) is 0 Å². The second-order valence-electron chi connectivity index (χ2n) is 7.63. The zero-order valence-corrected chi connectivity index (χ0v) is 17.0. The predicted octanol–water partition coefficient (Wildman–Crippen LogP) is 3.72. The van der Waals surface area contributed by atoms with E-state index < -0.39 is 0 Å². The quantitative estimate of drug-likeness (QED) is 0.684. The lowest BCUT2D eigenvalue weighted by molar-refractivity contribution is -0.0704. The fourth-order valence-corrected chi connectivity index (χ4v) is 4.20. The van der Waals surface area contributed by atoms with Gasteiger partial charge in [0.1, 0.15) is 0 Å². The number of nitrogens with zero attached hydrogens (tertiary/aromatic N) is 2. The molecule has 146 valence electrons. The third-order valence-corrected chi connectivity index (χ3v) is 5.48. The van der Waals surface area contributed by atoms with Gasteiger partial charge in [-0.2, -0.15) is 0 Å². The van der Waals surface area contributed by atoms with Crippen LogP contribution in [-0.2, 0) is 17.8 Å². The second kappa shape index (κ2) is 7.99. The Morgan fingerprint density at radius 3 is 2.29 bits per heavy atom. The van der Waals surface area contributed by atoms with Crippen molar-refractivity contribution in [2.75, 3.05) is 13.1 Å². The Bertz CT molecular complexity index is 1080. The highest BCUT2D eigenvalue weighted by Crippen LogP contribution is 2.15. The highest BCUT2D eigenvalue weighted by molar-refractivity contribution is 7.71. The number of H-pyrrole nitrogens is 1. The maximum atomic E-state index is 12.8. The highest BCUT2D eigenvalue weighted by Gasteiger charge is 2.21. The van der Waals surface area contributed by atoms with E-state index in [2.05, 4.69) is 48.0 Å². The van der Waals surface area contributed by atoms with E-state index in [1.54, 1.807) is 4.57 Å². The Labute approximate surface area is 169 Å². The normalized spacial score (nSPS) is 20.5. The maximum absolute atomic E-state index is 12.8. The minimum atomic E-state index is -0.0558. The van der Waals surface area contributed by atoms with Crippen molar-refractivity contribution < 1.29 is 4.74 Å². The van der Waals surface area contributed by atoms with Crippen LogP contribution in [0.25, 0.3) is 10.9 Å². The third kappa shape index (κ3) is 4.09. The molecule has 0 radical (unpaired) electrons. The van der Waals surface area contributed by atoms with Crippen LogP contribution in [0.1, 0.15) is 25.0 Å². The van der Waals surface area contributed by atoms with E-state index >= 15 is 0 Å². The highest BCUT2D eigenvalue weighted by atomic mass is 32.1. The van der Waals surface area contributed by atoms with Gasteiger partial charge in [-0.25, -0.2) is 0 Å². The monoisotopic (exact) mass is 395 g/mol. The summed E-state index contributed by atoms with van der Waals surface area (Å²) in [6, 6.07) is 15.9. The number of aromatic nitrogens is 2. The molecular formula is C22H25N3O2S. The van der Waals surface area contributed by atoms with Gasteiger partial charge in [0.2, 0.25) is 0 Å². The van der Waals surface area contributed by atoms with Crippen LogP contribution < -0.4 is 5.56 Å². The number of ether oxygens (including phenoxy) is 1. The van der Waals surface area contributed by atoms with E-state index in [0.29, 0.717) is 16.7 Å². The summed E-state index contributed by atoms with van der Waals surface area (Å²) in [6.07, 6.45) is 0.536. The standard InChI is InChI=1S/C22H25N3O2S/c1-15-11-24(12-16(2)27-15)13-17-7-9-18(10-8-17)14-25-21(26)19-5-3-4-6-20(19)23-22(25)28/h3-10,15-16H,11-14H2,1-2H3,(H,23,28). The Morgan fingerprint density at radius 2 is 1.61 bits per heavy atom. The van der Waals surface area contributed by atoms with Gasteiger partial charge in [-0.15, -0.1) is 0 Å². The van der Waals surface area contributed by atoms with E-state index in [1.807, 2.05) is 24.3 Å². The van der Waals surface area contributed by atoms with Crippen LogP contribution in [0.4, 0.5) is 0 Å². The van der Waals surface area contributed by atoms with Crippen molar-refractivity contribution in [3.05, 3.63) is 74.8 Å². The smallest absolute Gasteiger partial charge is 0.262 e. The molecule has 0 amide bonds. The number of hydrogen-bond donors (Lipinski definition) is 1. The molecular weight excluding hydrogens is 370 g/mol. The number of aromatic amines is 1. The van der Waals surface area contributed by atoms with Crippen molar-refractivity contribution in [1.82, 2.24) is 14.5 Å². The molecule has 1 aromatic heterocycles. The largest absolute Gasteiger partial charge is 0.373 e. The number of para-hydroxylation sites is 1. The van der Waals surface area contributed by atoms with Crippen molar-refractivity contribution in [1.29, 1.82) is 0 Å². The number of fused-ring (bicyclic) bond motifs is 1. The molecule has 3 aromatic rings. The number of nitrogens with one attached hydrogen (secondary N) is 1. The summed E-state index contributed by atoms with van der Waals surface area (Å²) in [5, 5.41) is 0.656. The van der Waals surface area contributed by atoms with Crippen molar-refractivity contribution in [3.63, 3.8) is 0 Å². The van der Waals surface area contributed by atoms with Crippen molar-refractivity contribution in [2.24, 2.45) is 0 Å². The van der Waals surface area contributed by atoms with Gasteiger partial charge in [0.05, 0.1) is 29.7 Å². The van der Waals surface area contributed by atoms with Crippen molar-refractivity contribution in [2.45, 2.75) is 39.1 Å². The van der Waals surface area contributed by atoms with E-state index in [1.165, 1.54) is 5.56 Å². The molecule has 1 aliphatic heterocycles. The molecule has 0 spiro atoms. The summed E-state index contributed by atoms with van der Waals surface area (Å²) in [5.41, 5.74) is 3.04. The minimum Gasteiger partial charge on any atom is -0.373 e. The van der Waals surface area contributed by atoms with Crippen LogP contribution in [0, 0.1) is 4.77 Å². The van der Waals surface area contributed by atoms with Crippen LogP contribution in [0.2, 0.25) is 0 Å². The molecule has 1 N–H and O–H groups in total. The molecule has 1 fully saturated rings. The first-order valence-corrected chi connectivity index (χ1v) is 10.1. The zero-order valence-electron chi connectivity index (χ0n) is 16.2. The first-order valence-electron chi connectivity index (χ1n) is 9.67. The average molecular weight is 396 g/mol. The van der Waals surface area contributed by atoms with Gasteiger partial charge in [-0.3, -0.25) is 14.3 Å². The second-order valence-corrected chi connectivity index (χ2v) is 8.02. The van der Waals surface area contributed by atoms with Crippen LogP contribution in [-0.4, -0.2) is 39.7 Å². The van der Waals surface area contributed by atoms with Gasteiger partial charge in [0.15, 0.2) is 4.77 Å². The fourth-order valence-electron chi connectivity index (χ4n) is 3.95. The van der Waals surface area contributed by atoms with Crippen LogP contribution in [0.3, 0.4) is 0 Å². The molecule has 1 aliphatic rings. The van der Waals surface area contributed by atoms with Crippen LogP contribution >= 0.6 is 12.2 Å². The van der Waals surface area contributed by atoms with Gasteiger partial charge >= 0.3 is 0 Å². The van der Waals surface area contributed by atoms with Gasteiger partial charge in [-0.1, -0.05) is 36.4 Å². The molecule has 2 atom stereocenters. The predicted molar refractivity (Wildman–Crippen MR) is 114 cm³/mol.